The molecule has 1 nitrogen and oxygen atoms in total. The van der Waals surface area contributed by atoms with Crippen molar-refractivity contribution in [1.82, 2.24) is 4.90 Å². The number of likely N-dealkylation sites (N-methyl/N-ethyl adjacent to an activating group) is 1. The van der Waals surface area contributed by atoms with Gasteiger partial charge >= 0.3 is 0 Å². The Balaban J connectivity index is 2.48. The molecular formula is C15H23N. The van der Waals surface area contributed by atoms with Crippen LogP contribution in [0.2, 0.25) is 0 Å². The van der Waals surface area contributed by atoms with E-state index in [1.165, 1.54) is 24.1 Å². The second kappa shape index (κ2) is 3.89. The predicted octanol–water partition coefficient (Wildman–Crippen LogP) is 3.28. The van der Waals surface area contributed by atoms with Crippen molar-refractivity contribution in [1.29, 1.82) is 0 Å². The molecule has 88 valence electrons. The van der Waals surface area contributed by atoms with E-state index in [0.29, 0.717) is 0 Å². The molecule has 1 aliphatic heterocycles. The molecule has 1 aromatic carbocycles. The van der Waals surface area contributed by atoms with Crippen molar-refractivity contribution in [3.63, 3.8) is 0 Å². The van der Waals surface area contributed by atoms with Crippen LogP contribution >= 0.6 is 0 Å². The first-order valence-electron chi connectivity index (χ1n) is 6.19. The van der Waals surface area contributed by atoms with Gasteiger partial charge in [-0.1, -0.05) is 32.9 Å². The average Bonchev–Trinajstić information content (AvgIpc) is 2.15. The third-order valence-corrected chi connectivity index (χ3v) is 3.62. The fourth-order valence-electron chi connectivity index (χ4n) is 2.49. The zero-order chi connectivity index (χ0) is 11.9. The van der Waals surface area contributed by atoms with Crippen LogP contribution in [-0.2, 0) is 18.4 Å². The summed E-state index contributed by atoms with van der Waals surface area (Å²) in [4.78, 5) is 2.41. The molecule has 0 spiro atoms. The monoisotopic (exact) mass is 217 g/mol. The van der Waals surface area contributed by atoms with Crippen LogP contribution < -0.4 is 0 Å². The molecule has 0 N–H and O–H groups in total. The first-order valence-corrected chi connectivity index (χ1v) is 6.19. The highest BCUT2D eigenvalue weighted by Crippen LogP contribution is 2.29. The average molecular weight is 217 g/mol. The number of aryl methyl sites for hydroxylation is 1. The quantitative estimate of drug-likeness (QED) is 0.644. The zero-order valence-corrected chi connectivity index (χ0v) is 11.2. The van der Waals surface area contributed by atoms with Gasteiger partial charge < -0.3 is 4.90 Å². The molecule has 0 bridgehead atoms. The van der Waals surface area contributed by atoms with E-state index >= 15 is 0 Å². The fourth-order valence-corrected chi connectivity index (χ4v) is 2.49. The number of fused-ring (bicyclic) bond motifs is 1. The molecule has 1 heterocycles. The van der Waals surface area contributed by atoms with Gasteiger partial charge in [0.2, 0.25) is 0 Å². The van der Waals surface area contributed by atoms with Crippen LogP contribution in [0.15, 0.2) is 12.1 Å². The van der Waals surface area contributed by atoms with Crippen molar-refractivity contribution >= 4 is 0 Å². The Bertz CT molecular complexity index is 399. The van der Waals surface area contributed by atoms with Crippen molar-refractivity contribution in [2.45, 2.75) is 46.1 Å². The van der Waals surface area contributed by atoms with Gasteiger partial charge in [-0.05, 0) is 48.1 Å². The maximum absolute atomic E-state index is 2.41. The highest BCUT2D eigenvalue weighted by Gasteiger charge is 2.20. The lowest BCUT2D eigenvalue weighted by molar-refractivity contribution is 0.312. The third-order valence-electron chi connectivity index (χ3n) is 3.62. The Kier molecular flexibility index (Phi) is 2.83. The van der Waals surface area contributed by atoms with Crippen LogP contribution in [0.5, 0.6) is 0 Å². The standard InChI is InChI=1S/C15H23N/c1-11-8-13(15(2,3)4)9-12-10-16(5)7-6-14(11)12/h8-9H,6-7,10H2,1-5H3. The molecule has 1 aliphatic rings. The van der Waals surface area contributed by atoms with Gasteiger partial charge in [0.05, 0.1) is 0 Å². The van der Waals surface area contributed by atoms with E-state index in [4.69, 9.17) is 0 Å². The summed E-state index contributed by atoms with van der Waals surface area (Å²) in [5.74, 6) is 0. The van der Waals surface area contributed by atoms with E-state index in [1.807, 2.05) is 0 Å². The highest BCUT2D eigenvalue weighted by atomic mass is 15.1. The molecule has 0 amide bonds. The molecule has 1 aromatic rings. The van der Waals surface area contributed by atoms with Crippen LogP contribution in [0.1, 0.15) is 43.0 Å². The maximum atomic E-state index is 2.41. The van der Waals surface area contributed by atoms with Crippen LogP contribution in [-0.4, -0.2) is 18.5 Å². The van der Waals surface area contributed by atoms with Gasteiger partial charge in [-0.2, -0.15) is 0 Å². The van der Waals surface area contributed by atoms with E-state index in [2.05, 4.69) is 51.8 Å². The van der Waals surface area contributed by atoms with Crippen molar-refractivity contribution in [2.24, 2.45) is 0 Å². The second-order valence-electron chi connectivity index (χ2n) is 6.17. The van der Waals surface area contributed by atoms with Crippen LogP contribution in [0.3, 0.4) is 0 Å². The van der Waals surface area contributed by atoms with Crippen LogP contribution in [0.25, 0.3) is 0 Å². The topological polar surface area (TPSA) is 3.24 Å². The van der Waals surface area contributed by atoms with Gasteiger partial charge in [-0.15, -0.1) is 0 Å². The van der Waals surface area contributed by atoms with Crippen molar-refractivity contribution in [3.05, 3.63) is 34.4 Å². The number of nitrogens with zero attached hydrogens (tertiary/aromatic N) is 1. The summed E-state index contributed by atoms with van der Waals surface area (Å²) in [5.41, 5.74) is 6.34. The molecule has 0 saturated carbocycles. The van der Waals surface area contributed by atoms with Gasteiger partial charge in [-0.25, -0.2) is 0 Å². The SMILES string of the molecule is Cc1cc(C(C)(C)C)cc2c1CCN(C)C2. The lowest BCUT2D eigenvalue weighted by atomic mass is 9.82. The molecular weight excluding hydrogens is 194 g/mol. The zero-order valence-electron chi connectivity index (χ0n) is 11.2. The minimum atomic E-state index is 0.260. The maximum Gasteiger partial charge on any atom is 0.0233 e. The molecule has 1 heteroatoms. The van der Waals surface area contributed by atoms with Gasteiger partial charge in [0.25, 0.3) is 0 Å². The number of hydrogen-bond acceptors (Lipinski definition) is 1. The van der Waals surface area contributed by atoms with Crippen molar-refractivity contribution in [3.8, 4) is 0 Å². The largest absolute Gasteiger partial charge is 0.302 e. The van der Waals surface area contributed by atoms with Crippen LogP contribution in [0, 0.1) is 6.92 Å². The molecule has 0 fully saturated rings. The Labute approximate surface area is 99.5 Å². The summed E-state index contributed by atoms with van der Waals surface area (Å²) in [6, 6.07) is 4.79. The smallest absolute Gasteiger partial charge is 0.0233 e. The summed E-state index contributed by atoms with van der Waals surface area (Å²) in [7, 11) is 2.21. The summed E-state index contributed by atoms with van der Waals surface area (Å²) >= 11 is 0. The molecule has 2 rings (SSSR count). The first-order chi connectivity index (χ1) is 7.38. The number of rotatable bonds is 0. The van der Waals surface area contributed by atoms with Gasteiger partial charge in [0.1, 0.15) is 0 Å². The molecule has 0 radical (unpaired) electrons. The molecule has 0 aromatic heterocycles. The minimum Gasteiger partial charge on any atom is -0.302 e. The Morgan fingerprint density at radius 3 is 2.50 bits per heavy atom. The summed E-state index contributed by atoms with van der Waals surface area (Å²) < 4.78 is 0. The van der Waals surface area contributed by atoms with E-state index in [1.54, 1.807) is 11.1 Å². The Morgan fingerprint density at radius 2 is 1.88 bits per heavy atom. The molecule has 0 unspecified atom stereocenters. The van der Waals surface area contributed by atoms with Crippen molar-refractivity contribution in [2.75, 3.05) is 13.6 Å². The second-order valence-corrected chi connectivity index (χ2v) is 6.17. The minimum absolute atomic E-state index is 0.260. The van der Waals surface area contributed by atoms with Crippen molar-refractivity contribution < 1.29 is 0 Å². The van der Waals surface area contributed by atoms with E-state index in [0.717, 1.165) is 6.54 Å². The van der Waals surface area contributed by atoms with Crippen LogP contribution in [0.4, 0.5) is 0 Å². The lowest BCUT2D eigenvalue weighted by Gasteiger charge is -2.29. The summed E-state index contributed by atoms with van der Waals surface area (Å²) in [6.45, 7) is 11.4. The number of hydrogen-bond donors (Lipinski definition) is 0. The van der Waals surface area contributed by atoms with Gasteiger partial charge in [0, 0.05) is 13.1 Å². The first kappa shape index (κ1) is 11.7. The third kappa shape index (κ3) is 2.15. The molecule has 0 saturated heterocycles. The van der Waals surface area contributed by atoms with E-state index < -0.39 is 0 Å². The van der Waals surface area contributed by atoms with E-state index in [9.17, 15) is 0 Å². The van der Waals surface area contributed by atoms with E-state index in [-0.39, 0.29) is 5.41 Å². The Hall–Kier alpha value is -0.820. The van der Waals surface area contributed by atoms with Gasteiger partial charge in [-0.3, -0.25) is 0 Å². The summed E-state index contributed by atoms with van der Waals surface area (Å²) in [5, 5.41) is 0. The highest BCUT2D eigenvalue weighted by molar-refractivity contribution is 5.42. The molecule has 16 heavy (non-hydrogen) atoms. The molecule has 0 aliphatic carbocycles. The molecule has 0 atom stereocenters. The van der Waals surface area contributed by atoms with Gasteiger partial charge in [0.15, 0.2) is 0 Å². The summed E-state index contributed by atoms with van der Waals surface area (Å²) in [6.07, 6.45) is 1.21. The lowest BCUT2D eigenvalue weighted by Crippen LogP contribution is -2.28. The predicted molar refractivity (Wildman–Crippen MR) is 69.9 cm³/mol. The normalized spacial score (nSPS) is 17.3. The fraction of sp³-hybridized carbons (Fsp3) is 0.600. The number of benzene rings is 1. The Morgan fingerprint density at radius 1 is 1.19 bits per heavy atom.